The van der Waals surface area contributed by atoms with Crippen molar-refractivity contribution in [1.29, 1.82) is 0 Å². The third-order valence-corrected chi connectivity index (χ3v) is 8.03. The molecule has 0 saturated heterocycles. The summed E-state index contributed by atoms with van der Waals surface area (Å²) in [6, 6.07) is -0.564. The third kappa shape index (κ3) is 26.9. The van der Waals surface area contributed by atoms with E-state index in [0.717, 1.165) is 38.5 Å². The summed E-state index contributed by atoms with van der Waals surface area (Å²) in [6.45, 7) is 8.54. The molecule has 0 aromatic heterocycles. The van der Waals surface area contributed by atoms with E-state index >= 15 is 0 Å². The van der Waals surface area contributed by atoms with E-state index in [1.165, 1.54) is 128 Å². The predicted octanol–water partition coefficient (Wildman–Crippen LogP) is 11.0. The largest absolute Gasteiger partial charge is 0.461 e. The van der Waals surface area contributed by atoms with Gasteiger partial charge in [-0.1, -0.05) is 156 Å². The van der Waals surface area contributed by atoms with Crippen LogP contribution < -0.4 is 5.32 Å². The summed E-state index contributed by atoms with van der Waals surface area (Å²) in [5, 5.41) is 2.89. The van der Waals surface area contributed by atoms with E-state index in [4.69, 9.17) is 4.74 Å². The lowest BCUT2D eigenvalue weighted by Gasteiger charge is -2.21. The first-order valence-corrected chi connectivity index (χ1v) is 17.5. The van der Waals surface area contributed by atoms with Gasteiger partial charge in [0, 0.05) is 6.42 Å². The lowest BCUT2D eigenvalue weighted by atomic mass is 10.0. The molecule has 0 spiro atoms. The quantitative estimate of drug-likeness (QED) is 0.0713. The maximum Gasteiger partial charge on any atom is 0.328 e. The first kappa shape index (κ1) is 37.9. The molecule has 39 heavy (non-hydrogen) atoms. The van der Waals surface area contributed by atoms with Crippen molar-refractivity contribution in [3.05, 3.63) is 0 Å². The van der Waals surface area contributed by atoms with Crippen LogP contribution in [0.1, 0.15) is 201 Å². The second-order valence-corrected chi connectivity index (χ2v) is 12.1. The summed E-state index contributed by atoms with van der Waals surface area (Å²) in [5.41, 5.74) is 0. The number of nitrogens with one attached hydrogen (secondary N) is 1. The highest BCUT2D eigenvalue weighted by molar-refractivity contribution is 5.84. The van der Waals surface area contributed by atoms with Crippen LogP contribution in [-0.2, 0) is 14.3 Å². The highest BCUT2D eigenvalue weighted by Gasteiger charge is 2.21. The fourth-order valence-corrected chi connectivity index (χ4v) is 5.33. The van der Waals surface area contributed by atoms with Crippen molar-refractivity contribution >= 4 is 11.9 Å². The fourth-order valence-electron chi connectivity index (χ4n) is 5.33. The van der Waals surface area contributed by atoms with E-state index in [-0.39, 0.29) is 18.0 Å². The van der Waals surface area contributed by atoms with Crippen LogP contribution in [0.4, 0.5) is 0 Å². The summed E-state index contributed by atoms with van der Waals surface area (Å²) in [5.74, 6) is -0.281. The Balaban J connectivity index is 4.24. The maximum absolute atomic E-state index is 12.8. The van der Waals surface area contributed by atoms with Crippen molar-refractivity contribution in [2.75, 3.05) is 0 Å². The molecule has 0 aromatic carbocycles. The average molecular weight is 552 g/mol. The molecular formula is C35H69NO3. The zero-order chi connectivity index (χ0) is 28.8. The van der Waals surface area contributed by atoms with Crippen LogP contribution in [0.5, 0.6) is 0 Å². The van der Waals surface area contributed by atoms with Crippen molar-refractivity contribution in [3.63, 3.8) is 0 Å². The lowest BCUT2D eigenvalue weighted by molar-refractivity contribution is -0.153. The number of hydrogen-bond donors (Lipinski definition) is 1. The Morgan fingerprint density at radius 2 is 0.846 bits per heavy atom. The van der Waals surface area contributed by atoms with Crippen LogP contribution >= 0.6 is 0 Å². The number of esters is 1. The van der Waals surface area contributed by atoms with Crippen molar-refractivity contribution in [3.8, 4) is 0 Å². The molecule has 0 heterocycles. The molecule has 0 aliphatic rings. The van der Waals surface area contributed by atoms with Gasteiger partial charge in [0.05, 0.1) is 0 Å². The Labute approximate surface area is 244 Å². The normalized spacial score (nSPS) is 12.8. The summed E-state index contributed by atoms with van der Waals surface area (Å²) in [7, 11) is 0. The fraction of sp³-hybridized carbons (Fsp3) is 0.943. The Bertz CT molecular complexity index is 536. The Hall–Kier alpha value is -1.06. The molecule has 232 valence electrons. The van der Waals surface area contributed by atoms with Gasteiger partial charge in [-0.2, -0.15) is 0 Å². The van der Waals surface area contributed by atoms with Gasteiger partial charge >= 0.3 is 5.97 Å². The average Bonchev–Trinajstić information content (AvgIpc) is 2.92. The maximum atomic E-state index is 12.8. The van der Waals surface area contributed by atoms with Crippen molar-refractivity contribution in [2.45, 2.75) is 213 Å². The molecule has 0 saturated carbocycles. The Morgan fingerprint density at radius 3 is 1.23 bits per heavy atom. The van der Waals surface area contributed by atoms with Crippen LogP contribution in [0, 0.1) is 0 Å². The number of rotatable bonds is 30. The number of carbonyl (C=O) groups is 2. The minimum Gasteiger partial charge on any atom is -0.461 e. The second kappa shape index (κ2) is 29.9. The molecule has 0 fully saturated rings. The zero-order valence-electron chi connectivity index (χ0n) is 27.0. The summed E-state index contributed by atoms with van der Waals surface area (Å²) >= 11 is 0. The van der Waals surface area contributed by atoms with Gasteiger partial charge in [0.15, 0.2) is 0 Å². The number of unbranched alkanes of at least 4 members (excludes halogenated alkanes) is 21. The first-order valence-electron chi connectivity index (χ1n) is 17.5. The molecule has 0 aromatic rings. The Morgan fingerprint density at radius 1 is 0.513 bits per heavy atom. The van der Waals surface area contributed by atoms with E-state index in [2.05, 4.69) is 26.1 Å². The molecular weight excluding hydrogens is 482 g/mol. The molecule has 0 rings (SSSR count). The van der Waals surface area contributed by atoms with E-state index in [1.54, 1.807) is 6.92 Å². The molecule has 4 heteroatoms. The van der Waals surface area contributed by atoms with Gasteiger partial charge in [-0.25, -0.2) is 4.79 Å². The number of amides is 1. The minimum absolute atomic E-state index is 0.00934. The summed E-state index contributed by atoms with van der Waals surface area (Å²) < 4.78 is 5.96. The number of carbonyl (C=O) groups excluding carboxylic acids is 2. The van der Waals surface area contributed by atoms with Gasteiger partial charge in [0.2, 0.25) is 5.91 Å². The summed E-state index contributed by atoms with van der Waals surface area (Å²) in [6.07, 6.45) is 32.8. The molecule has 0 aliphatic heterocycles. The van der Waals surface area contributed by atoms with Crippen molar-refractivity contribution in [2.24, 2.45) is 0 Å². The highest BCUT2D eigenvalue weighted by atomic mass is 16.5. The second-order valence-electron chi connectivity index (χ2n) is 12.1. The van der Waals surface area contributed by atoms with Gasteiger partial charge in [0.1, 0.15) is 12.1 Å². The van der Waals surface area contributed by atoms with Crippen LogP contribution in [0.25, 0.3) is 0 Å². The molecule has 4 nitrogen and oxygen atoms in total. The SMILES string of the molecule is CCCCCCCCCCCC(=O)N[C@@H](C)C(=O)OC(CCCCCCCC)CCCCCCCCCCC. The standard InChI is InChI=1S/C35H69NO3/c1-5-8-11-14-17-19-21-24-27-30-33(29-26-23-16-13-10-7-3)39-35(38)32(4)36-34(37)31-28-25-22-20-18-15-12-9-6-2/h32-33H,5-31H2,1-4H3,(H,36,37)/t32-,33?/m0/s1. The van der Waals surface area contributed by atoms with Crippen molar-refractivity contribution < 1.29 is 14.3 Å². The minimum atomic E-state index is -0.564. The van der Waals surface area contributed by atoms with Gasteiger partial charge in [-0.05, 0) is 39.0 Å². The van der Waals surface area contributed by atoms with E-state index in [1.807, 2.05) is 0 Å². The number of hydrogen-bond acceptors (Lipinski definition) is 3. The molecule has 1 amide bonds. The summed E-state index contributed by atoms with van der Waals surface area (Å²) in [4.78, 5) is 25.2. The third-order valence-electron chi connectivity index (χ3n) is 8.03. The molecule has 0 bridgehead atoms. The molecule has 1 N–H and O–H groups in total. The predicted molar refractivity (Wildman–Crippen MR) is 169 cm³/mol. The number of ether oxygens (including phenoxy) is 1. The smallest absolute Gasteiger partial charge is 0.328 e. The zero-order valence-corrected chi connectivity index (χ0v) is 27.0. The first-order chi connectivity index (χ1) is 19.0. The van der Waals surface area contributed by atoms with Crippen LogP contribution in [0.2, 0.25) is 0 Å². The van der Waals surface area contributed by atoms with Gasteiger partial charge in [-0.15, -0.1) is 0 Å². The highest BCUT2D eigenvalue weighted by Crippen LogP contribution is 2.18. The monoisotopic (exact) mass is 552 g/mol. The van der Waals surface area contributed by atoms with E-state index in [9.17, 15) is 9.59 Å². The molecule has 0 radical (unpaired) electrons. The molecule has 0 aliphatic carbocycles. The van der Waals surface area contributed by atoms with Crippen LogP contribution in [-0.4, -0.2) is 24.0 Å². The molecule has 2 atom stereocenters. The van der Waals surface area contributed by atoms with Crippen molar-refractivity contribution in [1.82, 2.24) is 5.32 Å². The van der Waals surface area contributed by atoms with Gasteiger partial charge in [0.25, 0.3) is 0 Å². The van der Waals surface area contributed by atoms with Crippen LogP contribution in [0.15, 0.2) is 0 Å². The van der Waals surface area contributed by atoms with Gasteiger partial charge in [-0.3, -0.25) is 4.79 Å². The molecule has 1 unspecified atom stereocenters. The lowest BCUT2D eigenvalue weighted by Crippen LogP contribution is -2.40. The topological polar surface area (TPSA) is 55.4 Å². The van der Waals surface area contributed by atoms with Crippen LogP contribution in [0.3, 0.4) is 0 Å². The Kier molecular flexibility index (Phi) is 29.1. The van der Waals surface area contributed by atoms with E-state index in [0.29, 0.717) is 6.42 Å². The van der Waals surface area contributed by atoms with Gasteiger partial charge < -0.3 is 10.1 Å². The van der Waals surface area contributed by atoms with E-state index < -0.39 is 6.04 Å².